The summed E-state index contributed by atoms with van der Waals surface area (Å²) in [6.07, 6.45) is -0.211. The minimum Gasteiger partial charge on any atom is -0.467 e. The monoisotopic (exact) mass is 1050 g/mol. The lowest BCUT2D eigenvalue weighted by Crippen LogP contribution is -2.63. The van der Waals surface area contributed by atoms with Gasteiger partial charge >= 0.3 is 12.1 Å². The van der Waals surface area contributed by atoms with Crippen LogP contribution in [0.3, 0.4) is 0 Å². The number of amides is 10. The largest absolute Gasteiger partial charge is 0.467 e. The van der Waals surface area contributed by atoms with Crippen molar-refractivity contribution in [1.82, 2.24) is 53.2 Å². The molecule has 0 aromatic heterocycles. The van der Waals surface area contributed by atoms with Crippen LogP contribution in [0.2, 0.25) is 0 Å². The van der Waals surface area contributed by atoms with Crippen LogP contribution in [0.25, 0.3) is 0 Å². The van der Waals surface area contributed by atoms with Gasteiger partial charge in [-0.2, -0.15) is 0 Å². The molecule has 23 heteroatoms. The fourth-order valence-electron chi connectivity index (χ4n) is 7.01. The highest BCUT2D eigenvalue weighted by Crippen LogP contribution is 2.15. The molecule has 0 saturated carbocycles. The molecule has 0 aliphatic rings. The van der Waals surface area contributed by atoms with Crippen molar-refractivity contribution in [3.63, 3.8) is 0 Å². The zero-order valence-corrected chi connectivity index (χ0v) is 48.0. The van der Waals surface area contributed by atoms with E-state index in [0.717, 1.165) is 0 Å². The van der Waals surface area contributed by atoms with Gasteiger partial charge in [0.1, 0.15) is 64.5 Å². The van der Waals surface area contributed by atoms with Gasteiger partial charge in [0.15, 0.2) is 0 Å². The highest BCUT2D eigenvalue weighted by atomic mass is 16.6. The van der Waals surface area contributed by atoms with E-state index in [9.17, 15) is 52.7 Å². The molecule has 74 heavy (non-hydrogen) atoms. The quantitative estimate of drug-likeness (QED) is 0.0502. The summed E-state index contributed by atoms with van der Waals surface area (Å²) in [5, 5.41) is 26.1. The van der Waals surface area contributed by atoms with Gasteiger partial charge in [-0.25, -0.2) is 9.59 Å². The molecular weight excluding hydrogens is 961 g/mol. The van der Waals surface area contributed by atoms with Gasteiger partial charge in [-0.05, 0) is 132 Å². The highest BCUT2D eigenvalue weighted by Gasteiger charge is 2.39. The average Bonchev–Trinajstić information content (AvgIpc) is 3.22. The molecule has 0 fully saturated rings. The number of ether oxygens (including phenoxy) is 2. The summed E-state index contributed by atoms with van der Waals surface area (Å²) in [5.74, 6) is -7.50. The number of rotatable bonds is 28. The molecule has 0 aromatic carbocycles. The third kappa shape index (κ3) is 24.8. The molecule has 7 atom stereocenters. The summed E-state index contributed by atoms with van der Waals surface area (Å²) in [4.78, 5) is 146. The van der Waals surface area contributed by atoms with Gasteiger partial charge in [-0.15, -0.1) is 0 Å². The summed E-state index contributed by atoms with van der Waals surface area (Å²) < 4.78 is 10.0. The molecule has 0 radical (unpaired) electrons. The Morgan fingerprint density at radius 2 is 0.635 bits per heavy atom. The van der Waals surface area contributed by atoms with E-state index in [4.69, 9.17) is 9.47 Å². The molecule has 10 N–H and O–H groups in total. The van der Waals surface area contributed by atoms with Gasteiger partial charge in [-0.3, -0.25) is 43.2 Å². The third-order valence-corrected chi connectivity index (χ3v) is 11.1. The van der Waals surface area contributed by atoms with E-state index in [1.807, 2.05) is 55.4 Å². The zero-order chi connectivity index (χ0) is 58.0. The summed E-state index contributed by atoms with van der Waals surface area (Å²) in [5.41, 5.74) is -5.34. The highest BCUT2D eigenvalue weighted by molar-refractivity contribution is 5.99. The molecule has 424 valence electrons. The van der Waals surface area contributed by atoms with Crippen molar-refractivity contribution in [3.8, 4) is 0 Å². The Bertz CT molecular complexity index is 1990. The van der Waals surface area contributed by atoms with Gasteiger partial charge < -0.3 is 62.6 Å². The van der Waals surface area contributed by atoms with Gasteiger partial charge in [0, 0.05) is 0 Å². The summed E-state index contributed by atoms with van der Waals surface area (Å²) in [6, 6.07) is -8.13. The van der Waals surface area contributed by atoms with E-state index in [1.54, 1.807) is 20.8 Å². The van der Waals surface area contributed by atoms with Crippen molar-refractivity contribution in [2.75, 3.05) is 7.11 Å². The molecule has 0 aromatic rings. The number of esters is 1. The van der Waals surface area contributed by atoms with E-state index in [-0.39, 0.29) is 49.4 Å². The van der Waals surface area contributed by atoms with E-state index in [1.165, 1.54) is 69.4 Å². The molecule has 0 saturated heterocycles. The van der Waals surface area contributed by atoms with Gasteiger partial charge in [0.25, 0.3) is 0 Å². The van der Waals surface area contributed by atoms with Crippen LogP contribution in [0.5, 0.6) is 0 Å². The van der Waals surface area contributed by atoms with Gasteiger partial charge in [0.2, 0.25) is 53.2 Å². The molecule has 0 aliphatic carbocycles. The lowest BCUT2D eigenvalue weighted by atomic mass is 9.97. The van der Waals surface area contributed by atoms with Crippen molar-refractivity contribution in [1.29, 1.82) is 0 Å². The van der Waals surface area contributed by atoms with E-state index in [2.05, 4.69) is 53.2 Å². The zero-order valence-electron chi connectivity index (χ0n) is 48.0. The Labute approximate surface area is 438 Å². The van der Waals surface area contributed by atoms with Crippen molar-refractivity contribution >= 4 is 65.2 Å². The number of hydrogen-bond donors (Lipinski definition) is 10. The number of methoxy groups -OCH3 is 1. The smallest absolute Gasteiger partial charge is 0.408 e. The number of carbonyl (C=O) groups is 11. The maximum Gasteiger partial charge on any atom is 0.408 e. The van der Waals surface area contributed by atoms with E-state index in [0.29, 0.717) is 0 Å². The first kappa shape index (κ1) is 68.0. The Kier molecular flexibility index (Phi) is 26.8. The lowest BCUT2D eigenvalue weighted by Gasteiger charge is -2.31. The second kappa shape index (κ2) is 29.2. The van der Waals surface area contributed by atoms with Crippen LogP contribution in [0.1, 0.15) is 164 Å². The number of hydrogen-bond acceptors (Lipinski definition) is 13. The predicted octanol–water partition coefficient (Wildman–Crippen LogP) is 1.89. The van der Waals surface area contributed by atoms with Crippen molar-refractivity contribution < 1.29 is 62.2 Å². The third-order valence-electron chi connectivity index (χ3n) is 11.1. The number of alkyl carbamates (subject to hydrolysis) is 1. The van der Waals surface area contributed by atoms with Crippen molar-refractivity contribution in [2.24, 2.45) is 23.7 Å². The standard InChI is InChI=1S/C51H92N10O13/c1-26(2)22-33(55-39(64)32(11)54-44(69)50(17,18)61-47(72)74-48(12,13)14)40(65)52-30(9)37(62)56-35(24-28(5)6)42(67)59-49(15,16)45(70)58-34(23-27(3)4)41(66)53-31(10)38(63)57-36(25-29(7)8)43(68)60-51(19,20)46(71)73-21/h26-36H,22-25H2,1-21H3,(H,52,65)(H,53,66)(H,54,69)(H,55,64)(H,56,62)(H,57,63)(H,58,70)(H,59,67)(H,60,68)(H,61,72). The van der Waals surface area contributed by atoms with Crippen LogP contribution in [0.15, 0.2) is 0 Å². The first-order chi connectivity index (χ1) is 33.5. The molecule has 10 amide bonds. The maximum atomic E-state index is 13.9. The van der Waals surface area contributed by atoms with Crippen LogP contribution in [-0.2, 0) is 57.4 Å². The lowest BCUT2D eigenvalue weighted by molar-refractivity contribution is -0.149. The normalized spacial score (nSPS) is 14.9. The van der Waals surface area contributed by atoms with E-state index >= 15 is 0 Å². The Morgan fingerprint density at radius 3 is 0.959 bits per heavy atom. The topological polar surface area (TPSA) is 327 Å². The average molecular weight is 1050 g/mol. The molecular formula is C51H92N10O13. The maximum absolute atomic E-state index is 13.9. The summed E-state index contributed by atoms with van der Waals surface area (Å²) in [7, 11) is 1.19. The Morgan fingerprint density at radius 1 is 0.351 bits per heavy atom. The second-order valence-electron chi connectivity index (χ2n) is 23.4. The molecule has 0 spiro atoms. The predicted molar refractivity (Wildman–Crippen MR) is 278 cm³/mol. The van der Waals surface area contributed by atoms with E-state index < -0.39 is 130 Å². The molecule has 0 rings (SSSR count). The molecule has 0 bridgehead atoms. The van der Waals surface area contributed by atoms with Gasteiger partial charge in [0.05, 0.1) is 7.11 Å². The number of carbonyl (C=O) groups excluding carboxylic acids is 11. The van der Waals surface area contributed by atoms with Crippen LogP contribution >= 0.6 is 0 Å². The number of nitrogens with one attached hydrogen (secondary N) is 10. The Hall–Kier alpha value is -6.03. The van der Waals surface area contributed by atoms with Crippen LogP contribution in [-0.4, -0.2) is 137 Å². The van der Waals surface area contributed by atoms with Crippen molar-refractivity contribution in [2.45, 2.75) is 229 Å². The van der Waals surface area contributed by atoms with Gasteiger partial charge in [-0.1, -0.05) is 55.4 Å². The molecule has 0 aliphatic heterocycles. The SMILES string of the molecule is COC(=O)C(C)(C)NC(=O)C(CC(C)C)NC(=O)C(C)NC(=O)C(CC(C)C)NC(=O)C(C)(C)NC(=O)C(CC(C)C)NC(=O)C(C)NC(=O)C(CC(C)C)NC(=O)C(C)NC(=O)C(C)(C)NC(=O)OC(C)(C)C. The Balaban J connectivity index is 6.03. The first-order valence-electron chi connectivity index (χ1n) is 25.4. The molecule has 0 heterocycles. The second-order valence-corrected chi connectivity index (χ2v) is 23.4. The van der Waals surface area contributed by atoms with Crippen LogP contribution in [0.4, 0.5) is 4.79 Å². The van der Waals surface area contributed by atoms with Crippen LogP contribution in [0, 0.1) is 23.7 Å². The summed E-state index contributed by atoms with van der Waals surface area (Å²) >= 11 is 0. The van der Waals surface area contributed by atoms with Crippen molar-refractivity contribution in [3.05, 3.63) is 0 Å². The fraction of sp³-hybridized carbons (Fsp3) is 0.784. The van der Waals surface area contributed by atoms with Crippen LogP contribution < -0.4 is 53.2 Å². The minimum atomic E-state index is -1.66. The summed E-state index contributed by atoms with van der Waals surface area (Å²) in [6.45, 7) is 32.4. The fourth-order valence-corrected chi connectivity index (χ4v) is 7.01. The minimum absolute atomic E-state index is 0.0477. The molecule has 23 nitrogen and oxygen atoms in total. The molecule has 7 unspecified atom stereocenters. The first-order valence-corrected chi connectivity index (χ1v) is 25.4.